The Kier molecular flexibility index (Phi) is 7.95. The molecular weight excluding hydrogens is 546 g/mol. The molecule has 0 bridgehead atoms. The predicted molar refractivity (Wildman–Crippen MR) is 164 cm³/mol. The van der Waals surface area contributed by atoms with E-state index in [-0.39, 0.29) is 27.9 Å². The van der Waals surface area contributed by atoms with Crippen molar-refractivity contribution in [3.63, 3.8) is 0 Å². The third-order valence-corrected chi connectivity index (χ3v) is 10.4. The molecule has 7 heteroatoms. The summed E-state index contributed by atoms with van der Waals surface area (Å²) >= 11 is 0. The highest BCUT2D eigenvalue weighted by atomic mass is 32.2. The van der Waals surface area contributed by atoms with E-state index >= 15 is 0 Å². The first-order chi connectivity index (χ1) is 20.3. The van der Waals surface area contributed by atoms with Crippen LogP contribution in [-0.4, -0.2) is 13.5 Å². The summed E-state index contributed by atoms with van der Waals surface area (Å²) in [4.78, 5) is 13.8. The van der Waals surface area contributed by atoms with E-state index in [0.29, 0.717) is 17.0 Å². The molecule has 0 aliphatic heterocycles. The second kappa shape index (κ2) is 11.8. The Bertz CT molecular complexity index is 1670. The molecule has 2 aliphatic carbocycles. The summed E-state index contributed by atoms with van der Waals surface area (Å²) in [5.74, 6) is 0.524. The lowest BCUT2D eigenvalue weighted by atomic mass is 9.77. The van der Waals surface area contributed by atoms with Gasteiger partial charge in [-0.3, -0.25) is 4.72 Å². The number of benzene rings is 3. The van der Waals surface area contributed by atoms with Gasteiger partial charge in [-0.2, -0.15) is 0 Å². The molecule has 0 saturated heterocycles. The lowest BCUT2D eigenvalue weighted by molar-refractivity contribution is 0.287. The Morgan fingerprint density at radius 3 is 2.17 bits per heavy atom. The van der Waals surface area contributed by atoms with Gasteiger partial charge in [0, 0.05) is 23.1 Å². The third kappa shape index (κ3) is 6.02. The Hall–Kier alpha value is -3.84. The van der Waals surface area contributed by atoms with Gasteiger partial charge in [-0.25, -0.2) is 13.2 Å². The summed E-state index contributed by atoms with van der Waals surface area (Å²) in [6.45, 7) is 0. The fraction of sp³-hybridized carbons (Fsp3) is 0.343. The zero-order valence-corrected chi connectivity index (χ0v) is 24.5. The number of hydrogen-bond acceptors (Lipinski definition) is 5. The predicted octanol–water partition coefficient (Wildman–Crippen LogP) is 7.52. The fourth-order valence-corrected chi connectivity index (χ4v) is 7.74. The molecule has 0 amide bonds. The molecule has 2 aliphatic rings. The van der Waals surface area contributed by atoms with Gasteiger partial charge in [0.05, 0.1) is 10.5 Å². The zero-order valence-electron chi connectivity index (χ0n) is 23.7. The standard InChI is InChI=1S/C35H37NO5S/c37-30-24-31(35(21-7-8-22-35)23-9-12-25-10-3-1-4-11-25)41-34(38)33(30)32(26-15-16-26)27-17-19-28(20-18-27)36-42(39,40)29-13-5-2-6-14-29/h1-6,10-11,13-14,17-20,24,26,32,36-37H,7-9,12,15-16,21-23H2. The monoisotopic (exact) mass is 583 g/mol. The summed E-state index contributed by atoms with van der Waals surface area (Å²) in [6.07, 6.45) is 8.86. The minimum absolute atomic E-state index is 0.00124. The lowest BCUT2D eigenvalue weighted by Gasteiger charge is -2.28. The molecule has 6 nitrogen and oxygen atoms in total. The summed E-state index contributed by atoms with van der Waals surface area (Å²) in [6, 6.07) is 27.4. The number of rotatable bonds is 11. The summed E-state index contributed by atoms with van der Waals surface area (Å²) in [7, 11) is -3.71. The van der Waals surface area contributed by atoms with Gasteiger partial charge in [0.1, 0.15) is 11.5 Å². The van der Waals surface area contributed by atoms with E-state index in [1.807, 2.05) is 18.2 Å². The zero-order chi connectivity index (χ0) is 29.2. The molecule has 1 heterocycles. The SMILES string of the molecule is O=c1oc(C2(CCCc3ccccc3)CCCC2)cc(O)c1C(c1ccc(NS(=O)(=O)c2ccccc2)cc1)C1CC1. The van der Waals surface area contributed by atoms with Crippen LogP contribution in [0, 0.1) is 5.92 Å². The number of hydrogen-bond donors (Lipinski definition) is 2. The molecule has 1 atom stereocenters. The maximum Gasteiger partial charge on any atom is 0.343 e. The van der Waals surface area contributed by atoms with Crippen molar-refractivity contribution in [2.75, 3.05) is 4.72 Å². The topological polar surface area (TPSA) is 96.6 Å². The van der Waals surface area contributed by atoms with Crippen LogP contribution in [0.5, 0.6) is 5.75 Å². The molecule has 6 rings (SSSR count). The highest BCUT2D eigenvalue weighted by Gasteiger charge is 2.41. The van der Waals surface area contributed by atoms with Gasteiger partial charge >= 0.3 is 5.63 Å². The van der Waals surface area contributed by atoms with E-state index in [1.165, 1.54) is 5.56 Å². The third-order valence-electron chi connectivity index (χ3n) is 8.99. The van der Waals surface area contributed by atoms with E-state index in [4.69, 9.17) is 4.42 Å². The molecule has 2 fully saturated rings. The van der Waals surface area contributed by atoms with Gasteiger partial charge in [0.25, 0.3) is 10.0 Å². The van der Waals surface area contributed by atoms with E-state index in [2.05, 4.69) is 29.0 Å². The molecule has 0 radical (unpaired) electrons. The van der Waals surface area contributed by atoms with E-state index in [0.717, 1.165) is 63.4 Å². The number of aromatic hydroxyl groups is 1. The van der Waals surface area contributed by atoms with Gasteiger partial charge in [-0.05, 0) is 86.3 Å². The maximum atomic E-state index is 13.6. The number of sulfonamides is 1. The van der Waals surface area contributed by atoms with Crippen molar-refractivity contribution in [3.8, 4) is 5.75 Å². The second-order valence-corrected chi connectivity index (χ2v) is 13.6. The maximum absolute atomic E-state index is 13.6. The van der Waals surface area contributed by atoms with E-state index in [9.17, 15) is 18.3 Å². The van der Waals surface area contributed by atoms with Gasteiger partial charge in [0.2, 0.25) is 0 Å². The van der Waals surface area contributed by atoms with Gasteiger partial charge in [-0.15, -0.1) is 0 Å². The number of aryl methyl sites for hydroxylation is 1. The van der Waals surface area contributed by atoms with Crippen LogP contribution in [0.2, 0.25) is 0 Å². The van der Waals surface area contributed by atoms with Gasteiger partial charge < -0.3 is 9.52 Å². The fourth-order valence-electron chi connectivity index (χ4n) is 6.66. The van der Waals surface area contributed by atoms with Gasteiger partial charge in [-0.1, -0.05) is 73.5 Å². The largest absolute Gasteiger partial charge is 0.507 e. The highest BCUT2D eigenvalue weighted by Crippen LogP contribution is 2.50. The lowest BCUT2D eigenvalue weighted by Crippen LogP contribution is -2.26. The van der Waals surface area contributed by atoms with Crippen molar-refractivity contribution in [2.45, 2.75) is 74.0 Å². The van der Waals surface area contributed by atoms with Gasteiger partial charge in [0.15, 0.2) is 0 Å². The molecule has 3 aromatic carbocycles. The molecule has 1 unspecified atom stereocenters. The van der Waals surface area contributed by atoms with Crippen molar-refractivity contribution < 1.29 is 17.9 Å². The summed E-state index contributed by atoms with van der Waals surface area (Å²) < 4.78 is 34.2. The molecule has 42 heavy (non-hydrogen) atoms. The van der Waals surface area contributed by atoms with E-state index < -0.39 is 15.6 Å². The van der Waals surface area contributed by atoms with Crippen LogP contribution in [0.1, 0.15) is 79.7 Å². The van der Waals surface area contributed by atoms with Crippen LogP contribution >= 0.6 is 0 Å². The Balaban J connectivity index is 1.24. The Morgan fingerprint density at radius 1 is 0.905 bits per heavy atom. The van der Waals surface area contributed by atoms with Crippen molar-refractivity contribution >= 4 is 15.7 Å². The smallest absolute Gasteiger partial charge is 0.343 e. The quantitative estimate of drug-likeness (QED) is 0.190. The molecule has 218 valence electrons. The first-order valence-corrected chi connectivity index (χ1v) is 16.4. The number of anilines is 1. The van der Waals surface area contributed by atoms with Crippen molar-refractivity contribution in [1.29, 1.82) is 0 Å². The number of nitrogens with one attached hydrogen (secondary N) is 1. The molecule has 2 saturated carbocycles. The average molecular weight is 584 g/mol. The van der Waals surface area contributed by atoms with Crippen molar-refractivity contribution in [3.05, 3.63) is 124 Å². The minimum atomic E-state index is -3.71. The van der Waals surface area contributed by atoms with Crippen molar-refractivity contribution in [2.24, 2.45) is 5.92 Å². The Labute approximate surface area is 247 Å². The average Bonchev–Trinajstić information content (AvgIpc) is 3.72. The second-order valence-electron chi connectivity index (χ2n) is 11.9. The van der Waals surface area contributed by atoms with Crippen molar-refractivity contribution in [1.82, 2.24) is 0 Å². The first kappa shape index (κ1) is 28.3. The van der Waals surface area contributed by atoms with Crippen LogP contribution < -0.4 is 10.3 Å². The first-order valence-electron chi connectivity index (χ1n) is 14.9. The molecular formula is C35H37NO5S. The summed E-state index contributed by atoms with van der Waals surface area (Å²) in [5.41, 5.74) is 2.20. The molecule has 1 aromatic heterocycles. The van der Waals surface area contributed by atoms with Crippen LogP contribution in [0.15, 0.2) is 105 Å². The normalized spacial score (nSPS) is 17.1. The van der Waals surface area contributed by atoms with E-state index in [1.54, 1.807) is 48.5 Å². The van der Waals surface area contributed by atoms with Crippen LogP contribution in [-0.2, 0) is 21.9 Å². The van der Waals surface area contributed by atoms with Crippen LogP contribution in [0.25, 0.3) is 0 Å². The van der Waals surface area contributed by atoms with Crippen LogP contribution in [0.4, 0.5) is 5.69 Å². The summed E-state index contributed by atoms with van der Waals surface area (Å²) in [5, 5.41) is 11.3. The highest BCUT2D eigenvalue weighted by molar-refractivity contribution is 7.92. The minimum Gasteiger partial charge on any atom is -0.507 e. The Morgan fingerprint density at radius 2 is 1.55 bits per heavy atom. The molecule has 0 spiro atoms. The molecule has 2 N–H and O–H groups in total. The molecule has 4 aromatic rings. The van der Waals surface area contributed by atoms with Crippen LogP contribution in [0.3, 0.4) is 0 Å².